The van der Waals surface area contributed by atoms with Crippen LogP contribution in [0, 0.1) is 0 Å². The van der Waals surface area contributed by atoms with Crippen molar-refractivity contribution in [1.29, 1.82) is 0 Å². The van der Waals surface area contributed by atoms with Gasteiger partial charge in [0.05, 0.1) is 25.3 Å². The molecular formula is C24H27N3O4. The number of benzene rings is 2. The number of hydrogen-bond donors (Lipinski definition) is 1. The van der Waals surface area contributed by atoms with E-state index in [9.17, 15) is 14.4 Å². The van der Waals surface area contributed by atoms with E-state index in [1.807, 2.05) is 44.2 Å². The Morgan fingerprint density at radius 1 is 1.03 bits per heavy atom. The van der Waals surface area contributed by atoms with Crippen molar-refractivity contribution in [3.63, 3.8) is 0 Å². The fourth-order valence-electron chi connectivity index (χ4n) is 4.33. The molecule has 2 aromatic rings. The molecule has 3 amide bonds. The van der Waals surface area contributed by atoms with Crippen LogP contribution in [-0.4, -0.2) is 55.0 Å². The van der Waals surface area contributed by atoms with Gasteiger partial charge in [-0.2, -0.15) is 0 Å². The van der Waals surface area contributed by atoms with Gasteiger partial charge in [0, 0.05) is 30.3 Å². The Bertz CT molecular complexity index is 985. The van der Waals surface area contributed by atoms with Crippen LogP contribution >= 0.6 is 0 Å². The van der Waals surface area contributed by atoms with Crippen LogP contribution in [0.15, 0.2) is 54.6 Å². The maximum absolute atomic E-state index is 13.8. The second-order valence-electron chi connectivity index (χ2n) is 8.18. The number of nitrogens with zero attached hydrogens (tertiary/aromatic N) is 2. The number of ether oxygens (including phenoxy) is 1. The summed E-state index contributed by atoms with van der Waals surface area (Å²) >= 11 is 0. The van der Waals surface area contributed by atoms with Crippen molar-refractivity contribution >= 4 is 23.4 Å². The monoisotopic (exact) mass is 421 g/mol. The van der Waals surface area contributed by atoms with Crippen LogP contribution in [0.2, 0.25) is 0 Å². The van der Waals surface area contributed by atoms with Crippen LogP contribution in [0.25, 0.3) is 0 Å². The van der Waals surface area contributed by atoms with Crippen molar-refractivity contribution in [2.24, 2.45) is 0 Å². The zero-order valence-corrected chi connectivity index (χ0v) is 17.8. The number of carbonyl (C=O) groups excluding carboxylic acids is 3. The van der Waals surface area contributed by atoms with Gasteiger partial charge in [0.25, 0.3) is 11.8 Å². The lowest BCUT2D eigenvalue weighted by Gasteiger charge is -2.34. The van der Waals surface area contributed by atoms with Crippen LogP contribution < -0.4 is 10.2 Å². The molecule has 0 unspecified atom stereocenters. The lowest BCUT2D eigenvalue weighted by molar-refractivity contribution is -0.140. The van der Waals surface area contributed by atoms with E-state index in [1.54, 1.807) is 34.1 Å². The van der Waals surface area contributed by atoms with E-state index >= 15 is 0 Å². The topological polar surface area (TPSA) is 79.0 Å². The lowest BCUT2D eigenvalue weighted by Crippen LogP contribution is -2.57. The standard InChI is InChI=1S/C24H27N3O4/c1-17(2)27-20-11-7-6-10-19(20)24(23(27)30,16-21(28)26-12-14-31-15-13-26)25-22(29)18-8-4-3-5-9-18/h3-11,17H,12-16H2,1-2H3,(H,25,29)/t24-/m1/s1. The molecule has 162 valence electrons. The second-order valence-corrected chi connectivity index (χ2v) is 8.18. The number of amides is 3. The third-order valence-corrected chi connectivity index (χ3v) is 5.87. The first-order valence-electron chi connectivity index (χ1n) is 10.6. The smallest absolute Gasteiger partial charge is 0.258 e. The fourth-order valence-corrected chi connectivity index (χ4v) is 4.33. The lowest BCUT2D eigenvalue weighted by atomic mass is 9.86. The Labute approximate surface area is 182 Å². The summed E-state index contributed by atoms with van der Waals surface area (Å²) in [4.78, 5) is 43.6. The van der Waals surface area contributed by atoms with Gasteiger partial charge in [-0.05, 0) is 32.0 Å². The van der Waals surface area contributed by atoms with E-state index < -0.39 is 5.54 Å². The number of morpholine rings is 1. The maximum atomic E-state index is 13.8. The molecule has 1 atom stereocenters. The minimum Gasteiger partial charge on any atom is -0.378 e. The second kappa shape index (κ2) is 8.51. The molecule has 0 saturated carbocycles. The van der Waals surface area contributed by atoms with E-state index in [4.69, 9.17) is 4.74 Å². The number of fused-ring (bicyclic) bond motifs is 1. The maximum Gasteiger partial charge on any atom is 0.258 e. The van der Waals surface area contributed by atoms with E-state index in [0.717, 1.165) is 5.69 Å². The Morgan fingerprint density at radius 3 is 2.35 bits per heavy atom. The molecule has 1 fully saturated rings. The van der Waals surface area contributed by atoms with Crippen LogP contribution in [0.5, 0.6) is 0 Å². The van der Waals surface area contributed by atoms with Crippen molar-refractivity contribution in [2.45, 2.75) is 31.8 Å². The molecule has 7 nitrogen and oxygen atoms in total. The summed E-state index contributed by atoms with van der Waals surface area (Å²) in [5.74, 6) is -0.843. The molecule has 1 N–H and O–H groups in total. The summed E-state index contributed by atoms with van der Waals surface area (Å²) in [5.41, 5.74) is 0.364. The van der Waals surface area contributed by atoms with Crippen molar-refractivity contribution in [3.05, 3.63) is 65.7 Å². The van der Waals surface area contributed by atoms with E-state index in [0.29, 0.717) is 37.4 Å². The summed E-state index contributed by atoms with van der Waals surface area (Å²) in [7, 11) is 0. The number of rotatable bonds is 5. The highest BCUT2D eigenvalue weighted by Gasteiger charge is 2.54. The minimum absolute atomic E-state index is 0.123. The molecule has 0 radical (unpaired) electrons. The first kappa shape index (κ1) is 21.1. The molecule has 1 saturated heterocycles. The molecule has 7 heteroatoms. The Morgan fingerprint density at radius 2 is 1.68 bits per heavy atom. The van der Waals surface area contributed by atoms with Crippen LogP contribution in [-0.2, 0) is 19.9 Å². The van der Waals surface area contributed by atoms with E-state index in [2.05, 4.69) is 5.32 Å². The van der Waals surface area contributed by atoms with Gasteiger partial charge in [0.2, 0.25) is 5.91 Å². The minimum atomic E-state index is -1.46. The zero-order valence-electron chi connectivity index (χ0n) is 17.8. The zero-order chi connectivity index (χ0) is 22.0. The van der Waals surface area contributed by atoms with Crippen LogP contribution in [0.4, 0.5) is 5.69 Å². The quantitative estimate of drug-likeness (QED) is 0.804. The van der Waals surface area contributed by atoms with Gasteiger partial charge in [0.15, 0.2) is 5.54 Å². The van der Waals surface area contributed by atoms with Gasteiger partial charge in [-0.3, -0.25) is 14.4 Å². The molecule has 0 aliphatic carbocycles. The molecule has 2 heterocycles. The van der Waals surface area contributed by atoms with Gasteiger partial charge >= 0.3 is 0 Å². The van der Waals surface area contributed by atoms with E-state index in [1.165, 1.54) is 0 Å². The summed E-state index contributed by atoms with van der Waals surface area (Å²) in [6.07, 6.45) is -0.134. The van der Waals surface area contributed by atoms with Crippen molar-refractivity contribution in [1.82, 2.24) is 10.2 Å². The molecule has 4 rings (SSSR count). The van der Waals surface area contributed by atoms with Gasteiger partial charge in [-0.15, -0.1) is 0 Å². The molecular weight excluding hydrogens is 394 g/mol. The van der Waals surface area contributed by atoms with E-state index in [-0.39, 0.29) is 30.2 Å². The van der Waals surface area contributed by atoms with Crippen LogP contribution in [0.3, 0.4) is 0 Å². The third kappa shape index (κ3) is 3.81. The summed E-state index contributed by atoms with van der Waals surface area (Å²) in [6, 6.07) is 16.0. The Kier molecular flexibility index (Phi) is 5.78. The first-order chi connectivity index (χ1) is 14.9. The molecule has 0 aromatic heterocycles. The van der Waals surface area contributed by atoms with Crippen molar-refractivity contribution < 1.29 is 19.1 Å². The number of para-hydroxylation sites is 1. The SMILES string of the molecule is CC(C)N1C(=O)[C@](CC(=O)N2CCOCC2)(NC(=O)c2ccccc2)c2ccccc21. The van der Waals surface area contributed by atoms with Crippen molar-refractivity contribution in [2.75, 3.05) is 31.2 Å². The van der Waals surface area contributed by atoms with Crippen molar-refractivity contribution in [3.8, 4) is 0 Å². The normalized spacial score (nSPS) is 20.7. The highest BCUT2D eigenvalue weighted by molar-refractivity contribution is 6.12. The average molecular weight is 421 g/mol. The summed E-state index contributed by atoms with van der Waals surface area (Å²) in [6.45, 7) is 5.74. The predicted molar refractivity (Wildman–Crippen MR) is 117 cm³/mol. The largest absolute Gasteiger partial charge is 0.378 e. The molecule has 2 aliphatic heterocycles. The molecule has 31 heavy (non-hydrogen) atoms. The number of anilines is 1. The Hall–Kier alpha value is -3.19. The predicted octanol–water partition coefficient (Wildman–Crippen LogP) is 2.32. The Balaban J connectivity index is 1.76. The highest BCUT2D eigenvalue weighted by atomic mass is 16.5. The van der Waals surface area contributed by atoms with Gasteiger partial charge in [-0.1, -0.05) is 36.4 Å². The average Bonchev–Trinajstić information content (AvgIpc) is 3.03. The highest BCUT2D eigenvalue weighted by Crippen LogP contribution is 2.44. The fraction of sp³-hybridized carbons (Fsp3) is 0.375. The van der Waals surface area contributed by atoms with Crippen LogP contribution in [0.1, 0.15) is 36.2 Å². The molecule has 2 aliphatic rings. The third-order valence-electron chi connectivity index (χ3n) is 5.87. The number of carbonyl (C=O) groups is 3. The molecule has 0 spiro atoms. The van der Waals surface area contributed by atoms with Gasteiger partial charge < -0.3 is 19.9 Å². The number of hydrogen-bond acceptors (Lipinski definition) is 4. The number of nitrogens with one attached hydrogen (secondary N) is 1. The molecule has 0 bridgehead atoms. The summed E-state index contributed by atoms with van der Waals surface area (Å²) < 4.78 is 5.35. The van der Waals surface area contributed by atoms with Gasteiger partial charge in [-0.25, -0.2) is 0 Å². The molecule has 2 aromatic carbocycles. The summed E-state index contributed by atoms with van der Waals surface area (Å²) in [5, 5.41) is 2.96. The first-order valence-corrected chi connectivity index (χ1v) is 10.6. The van der Waals surface area contributed by atoms with Gasteiger partial charge in [0.1, 0.15) is 0 Å².